The molecule has 0 saturated heterocycles. The zero-order valence-electron chi connectivity index (χ0n) is 15.1. The van der Waals surface area contributed by atoms with Gasteiger partial charge in [-0.25, -0.2) is 0 Å². The number of nitrogens with zero attached hydrogens (tertiary/aromatic N) is 3. The molecule has 5 heteroatoms. The monoisotopic (exact) mass is 345 g/mol. The predicted octanol–water partition coefficient (Wildman–Crippen LogP) is 6.51. The number of hydrogen-bond acceptors (Lipinski definition) is 2. The van der Waals surface area contributed by atoms with Crippen LogP contribution in [0.2, 0.25) is 0 Å². The lowest BCUT2D eigenvalue weighted by Crippen LogP contribution is -1.92. The van der Waals surface area contributed by atoms with Gasteiger partial charge in [-0.3, -0.25) is 4.79 Å². The summed E-state index contributed by atoms with van der Waals surface area (Å²) in [5.41, 5.74) is 8.14. The number of rotatable bonds is 16. The largest absolute Gasteiger partial charge is 0.481 e. The van der Waals surface area contributed by atoms with E-state index in [1.807, 2.05) is 6.08 Å². The van der Waals surface area contributed by atoms with Gasteiger partial charge in [-0.1, -0.05) is 60.1 Å². The minimum atomic E-state index is -0.725. The third-order valence-corrected chi connectivity index (χ3v) is 3.44. The Kier molecular flexibility index (Phi) is 18.0. The van der Waals surface area contributed by atoms with E-state index in [0.29, 0.717) is 13.0 Å². The molecule has 0 aliphatic carbocycles. The first-order chi connectivity index (χ1) is 12.3. The van der Waals surface area contributed by atoms with Crippen molar-refractivity contribution >= 4 is 5.97 Å². The summed E-state index contributed by atoms with van der Waals surface area (Å²) in [5.74, 6) is -0.725. The maximum Gasteiger partial charge on any atom is 0.303 e. The Hall–Kier alpha value is -2.26. The van der Waals surface area contributed by atoms with Gasteiger partial charge in [-0.05, 0) is 56.9 Å². The third kappa shape index (κ3) is 21.7. The Bertz CT molecular complexity index is 487. The topological polar surface area (TPSA) is 86.1 Å². The number of carboxylic acid groups (broad SMARTS) is 1. The normalized spacial score (nSPS) is 11.8. The fraction of sp³-hybridized carbons (Fsp3) is 0.550. The zero-order valence-corrected chi connectivity index (χ0v) is 15.1. The van der Waals surface area contributed by atoms with Gasteiger partial charge >= 0.3 is 5.97 Å². The van der Waals surface area contributed by atoms with Crippen LogP contribution in [0.15, 0.2) is 53.7 Å². The Balaban J connectivity index is 3.41. The molecule has 0 heterocycles. The molecule has 5 nitrogen and oxygen atoms in total. The Morgan fingerprint density at radius 2 is 1.32 bits per heavy atom. The molecule has 25 heavy (non-hydrogen) atoms. The molecule has 0 amide bonds. The summed E-state index contributed by atoms with van der Waals surface area (Å²) in [6.07, 6.45) is 26.1. The van der Waals surface area contributed by atoms with Crippen molar-refractivity contribution in [3.63, 3.8) is 0 Å². The van der Waals surface area contributed by atoms with Crippen LogP contribution >= 0.6 is 0 Å². The van der Waals surface area contributed by atoms with Crippen molar-refractivity contribution in [2.24, 2.45) is 5.11 Å². The molecule has 0 unspecified atom stereocenters. The van der Waals surface area contributed by atoms with E-state index in [-0.39, 0.29) is 6.42 Å². The van der Waals surface area contributed by atoms with Crippen LogP contribution in [0.4, 0.5) is 0 Å². The number of allylic oxidation sites excluding steroid dienone is 8. The maximum absolute atomic E-state index is 10.3. The molecule has 0 aromatic rings. The van der Waals surface area contributed by atoms with Gasteiger partial charge in [0, 0.05) is 17.9 Å². The highest BCUT2D eigenvalue weighted by Crippen LogP contribution is 2.02. The van der Waals surface area contributed by atoms with Crippen molar-refractivity contribution in [1.82, 2.24) is 0 Å². The molecule has 0 bridgehead atoms. The lowest BCUT2D eigenvalue weighted by molar-refractivity contribution is -0.137. The van der Waals surface area contributed by atoms with Crippen LogP contribution in [0.3, 0.4) is 0 Å². The fourth-order valence-electron chi connectivity index (χ4n) is 2.09. The highest BCUT2D eigenvalue weighted by Gasteiger charge is 1.92. The molecule has 0 rings (SSSR count). The Labute approximate surface area is 151 Å². The van der Waals surface area contributed by atoms with Gasteiger partial charge in [0.1, 0.15) is 0 Å². The van der Waals surface area contributed by atoms with E-state index in [1.54, 1.807) is 0 Å². The molecule has 0 aliphatic heterocycles. The average molecular weight is 345 g/mol. The van der Waals surface area contributed by atoms with Crippen molar-refractivity contribution in [3.8, 4) is 0 Å². The predicted molar refractivity (Wildman–Crippen MR) is 104 cm³/mol. The molecule has 0 radical (unpaired) electrons. The summed E-state index contributed by atoms with van der Waals surface area (Å²) in [6, 6.07) is 0. The minimum absolute atomic E-state index is 0.247. The summed E-state index contributed by atoms with van der Waals surface area (Å²) in [4.78, 5) is 13.1. The van der Waals surface area contributed by atoms with Crippen molar-refractivity contribution in [2.75, 3.05) is 6.54 Å². The summed E-state index contributed by atoms with van der Waals surface area (Å²) in [6.45, 7) is 0.608. The van der Waals surface area contributed by atoms with Crippen molar-refractivity contribution in [2.45, 2.75) is 64.2 Å². The summed E-state index contributed by atoms with van der Waals surface area (Å²) >= 11 is 0. The van der Waals surface area contributed by atoms with E-state index in [4.69, 9.17) is 10.6 Å². The molecule has 0 fully saturated rings. The van der Waals surface area contributed by atoms with Crippen LogP contribution in [0.25, 0.3) is 10.4 Å². The number of carbonyl (C=O) groups is 1. The molecule has 0 atom stereocenters. The maximum atomic E-state index is 10.3. The van der Waals surface area contributed by atoms with Gasteiger partial charge in [0.25, 0.3) is 0 Å². The van der Waals surface area contributed by atoms with Crippen molar-refractivity contribution < 1.29 is 9.90 Å². The van der Waals surface area contributed by atoms with E-state index in [1.165, 1.54) is 0 Å². The second-order valence-electron chi connectivity index (χ2n) is 5.68. The molecule has 138 valence electrons. The van der Waals surface area contributed by atoms with Gasteiger partial charge in [0.2, 0.25) is 0 Å². The summed E-state index contributed by atoms with van der Waals surface area (Å²) in [7, 11) is 0. The lowest BCUT2D eigenvalue weighted by atomic mass is 10.2. The quantitative estimate of drug-likeness (QED) is 0.114. The van der Waals surface area contributed by atoms with E-state index in [0.717, 1.165) is 51.4 Å². The van der Waals surface area contributed by atoms with Crippen molar-refractivity contribution in [1.29, 1.82) is 0 Å². The molecule has 0 spiro atoms. The van der Waals surface area contributed by atoms with Crippen LogP contribution in [0.1, 0.15) is 64.2 Å². The van der Waals surface area contributed by atoms with Crippen LogP contribution in [0.5, 0.6) is 0 Å². The molecular weight excluding hydrogens is 314 g/mol. The first-order valence-electron chi connectivity index (χ1n) is 9.10. The average Bonchev–Trinajstić information content (AvgIpc) is 2.60. The van der Waals surface area contributed by atoms with Gasteiger partial charge in [-0.2, -0.15) is 0 Å². The summed E-state index contributed by atoms with van der Waals surface area (Å²) in [5, 5.41) is 12.0. The van der Waals surface area contributed by atoms with Crippen LogP contribution < -0.4 is 0 Å². The SMILES string of the molecule is [N-]=[N+]=NCCCCC/C=C\C/C=C\C/C=C\C/C=C\CCCC(=O)O. The molecular formula is C20H31N3O2. The molecule has 0 aromatic carbocycles. The number of azide groups is 1. The fourth-order valence-corrected chi connectivity index (χ4v) is 2.09. The summed E-state index contributed by atoms with van der Waals surface area (Å²) < 4.78 is 0. The third-order valence-electron chi connectivity index (χ3n) is 3.44. The molecule has 0 saturated carbocycles. The van der Waals surface area contributed by atoms with Crippen LogP contribution in [-0.4, -0.2) is 17.6 Å². The highest BCUT2D eigenvalue weighted by atomic mass is 16.4. The van der Waals surface area contributed by atoms with Crippen molar-refractivity contribution in [3.05, 3.63) is 59.1 Å². The first kappa shape index (κ1) is 22.7. The van der Waals surface area contributed by atoms with E-state index in [2.05, 4.69) is 52.6 Å². The molecule has 0 aromatic heterocycles. The van der Waals surface area contributed by atoms with Gasteiger partial charge in [-0.15, -0.1) is 0 Å². The van der Waals surface area contributed by atoms with Gasteiger partial charge < -0.3 is 5.11 Å². The van der Waals surface area contributed by atoms with Crippen LogP contribution in [-0.2, 0) is 4.79 Å². The van der Waals surface area contributed by atoms with E-state index >= 15 is 0 Å². The number of hydrogen-bond donors (Lipinski definition) is 1. The second-order valence-corrected chi connectivity index (χ2v) is 5.68. The van der Waals surface area contributed by atoms with Crippen LogP contribution in [0, 0.1) is 0 Å². The first-order valence-corrected chi connectivity index (χ1v) is 9.10. The minimum Gasteiger partial charge on any atom is -0.481 e. The van der Waals surface area contributed by atoms with Gasteiger partial charge in [0.15, 0.2) is 0 Å². The highest BCUT2D eigenvalue weighted by molar-refractivity contribution is 5.66. The molecule has 1 N–H and O–H groups in total. The lowest BCUT2D eigenvalue weighted by Gasteiger charge is -1.93. The molecule has 0 aliphatic rings. The Morgan fingerprint density at radius 1 is 0.800 bits per heavy atom. The Morgan fingerprint density at radius 3 is 1.84 bits per heavy atom. The van der Waals surface area contributed by atoms with Gasteiger partial charge in [0.05, 0.1) is 0 Å². The number of carboxylic acids is 1. The zero-order chi connectivity index (χ0) is 18.4. The van der Waals surface area contributed by atoms with E-state index < -0.39 is 5.97 Å². The number of unbranched alkanes of at least 4 members (excludes halogenated alkanes) is 4. The smallest absolute Gasteiger partial charge is 0.303 e. The number of aliphatic carboxylic acids is 1. The second kappa shape index (κ2) is 19.8. The standard InChI is InChI=1S/C20H31N3O2/c21-23-22-19-17-15-13-11-9-7-5-3-1-2-4-6-8-10-12-14-16-18-20(24)25/h1,3-4,6-7,9-10,12H,2,5,8,11,13-19H2,(H,24,25)/b3-1-,6-4-,9-7-,12-10-. The van der Waals surface area contributed by atoms with E-state index in [9.17, 15) is 4.79 Å².